The molecule has 1 heterocycles. The number of aromatic nitrogens is 2. The van der Waals surface area contributed by atoms with Crippen LogP contribution in [0.15, 0.2) is 78.9 Å². The van der Waals surface area contributed by atoms with Crippen LogP contribution in [-0.4, -0.2) is 9.78 Å². The molecule has 2 aromatic rings. The molecule has 0 spiro atoms. The summed E-state index contributed by atoms with van der Waals surface area (Å²) in [5, 5.41) is 5.32. The second-order valence-corrected chi connectivity index (χ2v) is 11.3. The standard InChI is InChI=1S/C35H50N2/c1-6-8-11-20-34-33(26-21-29(5)16-9-7-2)35(32-18-12-10-13-19-32)36-37(34)27-31-24-22-30(23-25-31)17-14-15-28(3)4/h7,9-10,12-13,16,18-19,21,30-31H,2-3,6,8,11,14-15,17,20,22-27H2,1,4-5H3/b16-9-,29-21-. The van der Waals surface area contributed by atoms with Crippen molar-refractivity contribution in [3.63, 3.8) is 0 Å². The average Bonchev–Trinajstić information content (AvgIpc) is 3.24. The van der Waals surface area contributed by atoms with E-state index in [1.165, 1.54) is 97.9 Å². The van der Waals surface area contributed by atoms with Crippen LogP contribution in [0.1, 0.15) is 96.2 Å². The summed E-state index contributed by atoms with van der Waals surface area (Å²) in [7, 11) is 0. The van der Waals surface area contributed by atoms with Gasteiger partial charge in [-0.1, -0.05) is 111 Å². The quantitative estimate of drug-likeness (QED) is 0.136. The van der Waals surface area contributed by atoms with Gasteiger partial charge in [0.15, 0.2) is 0 Å². The highest BCUT2D eigenvalue weighted by atomic mass is 15.3. The number of rotatable bonds is 15. The van der Waals surface area contributed by atoms with E-state index in [1.54, 1.807) is 0 Å². The zero-order chi connectivity index (χ0) is 26.5. The van der Waals surface area contributed by atoms with Crippen LogP contribution < -0.4 is 0 Å². The van der Waals surface area contributed by atoms with E-state index in [0.717, 1.165) is 31.2 Å². The van der Waals surface area contributed by atoms with Crippen molar-refractivity contribution in [1.29, 1.82) is 0 Å². The van der Waals surface area contributed by atoms with Crippen LogP contribution in [0.25, 0.3) is 11.3 Å². The van der Waals surface area contributed by atoms with Gasteiger partial charge in [-0.3, -0.25) is 4.68 Å². The number of benzene rings is 1. The first-order valence-electron chi connectivity index (χ1n) is 14.8. The van der Waals surface area contributed by atoms with Crippen molar-refractivity contribution < 1.29 is 0 Å². The Kier molecular flexibility index (Phi) is 12.2. The van der Waals surface area contributed by atoms with Crippen molar-refractivity contribution in [3.8, 4) is 11.3 Å². The van der Waals surface area contributed by atoms with E-state index in [2.05, 4.69) is 81.1 Å². The summed E-state index contributed by atoms with van der Waals surface area (Å²) in [6.07, 6.45) is 23.5. The zero-order valence-electron chi connectivity index (χ0n) is 23.9. The Hall–Kier alpha value is -2.61. The van der Waals surface area contributed by atoms with Gasteiger partial charge in [0.2, 0.25) is 0 Å². The third-order valence-corrected chi connectivity index (χ3v) is 7.97. The largest absolute Gasteiger partial charge is 0.268 e. The Bertz CT molecular complexity index is 1030. The van der Waals surface area contributed by atoms with Gasteiger partial charge in [0.05, 0.1) is 5.69 Å². The third-order valence-electron chi connectivity index (χ3n) is 7.97. The van der Waals surface area contributed by atoms with Crippen molar-refractivity contribution in [2.75, 3.05) is 0 Å². The summed E-state index contributed by atoms with van der Waals surface area (Å²) < 4.78 is 2.42. The van der Waals surface area contributed by atoms with Gasteiger partial charge in [-0.2, -0.15) is 5.10 Å². The Morgan fingerprint density at radius 1 is 1.03 bits per heavy atom. The molecule has 0 saturated heterocycles. The van der Waals surface area contributed by atoms with Crippen LogP contribution in [0, 0.1) is 11.8 Å². The van der Waals surface area contributed by atoms with Crippen molar-refractivity contribution in [1.82, 2.24) is 9.78 Å². The molecule has 0 atom stereocenters. The Morgan fingerprint density at radius 3 is 2.43 bits per heavy atom. The van der Waals surface area contributed by atoms with Crippen molar-refractivity contribution in [3.05, 3.63) is 90.2 Å². The average molecular weight is 499 g/mol. The second kappa shape index (κ2) is 15.6. The number of hydrogen-bond acceptors (Lipinski definition) is 1. The fraction of sp³-hybridized carbons (Fsp3) is 0.514. The van der Waals surface area contributed by atoms with Gasteiger partial charge in [0.1, 0.15) is 0 Å². The van der Waals surface area contributed by atoms with Crippen LogP contribution in [0.3, 0.4) is 0 Å². The predicted octanol–water partition coefficient (Wildman–Crippen LogP) is 10.1. The molecule has 0 radical (unpaired) electrons. The van der Waals surface area contributed by atoms with Crippen LogP contribution in [0.4, 0.5) is 0 Å². The lowest BCUT2D eigenvalue weighted by Gasteiger charge is -2.29. The third kappa shape index (κ3) is 9.33. The van der Waals surface area contributed by atoms with Gasteiger partial charge >= 0.3 is 0 Å². The van der Waals surface area contributed by atoms with Gasteiger partial charge in [-0.05, 0) is 70.6 Å². The molecular weight excluding hydrogens is 448 g/mol. The number of nitrogens with zero attached hydrogens (tertiary/aromatic N) is 2. The van der Waals surface area contributed by atoms with E-state index in [0.29, 0.717) is 0 Å². The molecule has 0 bridgehead atoms. The normalized spacial score (nSPS) is 18.4. The first kappa shape index (κ1) is 29.0. The molecule has 1 aromatic carbocycles. The Labute approximate surface area is 227 Å². The number of hydrogen-bond donors (Lipinski definition) is 0. The van der Waals surface area contributed by atoms with Crippen molar-refractivity contribution >= 4 is 0 Å². The minimum Gasteiger partial charge on any atom is -0.268 e. The Morgan fingerprint density at radius 2 is 1.76 bits per heavy atom. The van der Waals surface area contributed by atoms with Crippen LogP contribution >= 0.6 is 0 Å². The molecule has 1 fully saturated rings. The summed E-state index contributed by atoms with van der Waals surface area (Å²) >= 11 is 0. The van der Waals surface area contributed by atoms with Gasteiger partial charge in [-0.15, -0.1) is 6.58 Å². The molecule has 2 nitrogen and oxygen atoms in total. The summed E-state index contributed by atoms with van der Waals surface area (Å²) in [6.45, 7) is 15.6. The molecule has 0 aliphatic heterocycles. The number of allylic oxidation sites excluding steroid dienone is 6. The monoisotopic (exact) mass is 498 g/mol. The molecule has 3 rings (SSSR count). The molecule has 37 heavy (non-hydrogen) atoms. The maximum absolute atomic E-state index is 5.32. The lowest BCUT2D eigenvalue weighted by Crippen LogP contribution is -2.21. The first-order valence-corrected chi connectivity index (χ1v) is 14.8. The van der Waals surface area contributed by atoms with E-state index >= 15 is 0 Å². The fourth-order valence-corrected chi connectivity index (χ4v) is 5.74. The summed E-state index contributed by atoms with van der Waals surface area (Å²) in [5.74, 6) is 1.65. The summed E-state index contributed by atoms with van der Waals surface area (Å²) in [6, 6.07) is 10.8. The molecular formula is C35H50N2. The zero-order valence-corrected chi connectivity index (χ0v) is 23.9. The highest BCUT2D eigenvalue weighted by molar-refractivity contribution is 5.64. The maximum atomic E-state index is 5.32. The molecule has 1 aliphatic carbocycles. The van der Waals surface area contributed by atoms with E-state index < -0.39 is 0 Å². The van der Waals surface area contributed by atoms with Crippen LogP contribution in [-0.2, 0) is 19.4 Å². The minimum atomic E-state index is 0.742. The summed E-state index contributed by atoms with van der Waals surface area (Å²) in [5.41, 5.74) is 7.90. The van der Waals surface area contributed by atoms with Crippen molar-refractivity contribution in [2.45, 2.75) is 104 Å². The lowest BCUT2D eigenvalue weighted by atomic mass is 9.79. The molecule has 0 unspecified atom stereocenters. The van der Waals surface area contributed by atoms with Gasteiger partial charge in [-0.25, -0.2) is 0 Å². The molecule has 0 amide bonds. The predicted molar refractivity (Wildman–Crippen MR) is 162 cm³/mol. The van der Waals surface area contributed by atoms with E-state index in [4.69, 9.17) is 5.10 Å². The molecule has 2 heteroatoms. The van der Waals surface area contributed by atoms with Gasteiger partial charge < -0.3 is 0 Å². The lowest BCUT2D eigenvalue weighted by molar-refractivity contribution is 0.233. The molecule has 0 N–H and O–H groups in total. The number of unbranched alkanes of at least 4 members (excludes halogenated alkanes) is 2. The second-order valence-electron chi connectivity index (χ2n) is 11.3. The smallest absolute Gasteiger partial charge is 0.0961 e. The molecule has 200 valence electrons. The molecule has 1 aromatic heterocycles. The Balaban J connectivity index is 1.83. The SMILES string of the molecule is C=C/C=C\C(C)=C/Cc1c(-c2ccccc2)nn(CC2CCC(CCCC(=C)C)CC2)c1CCCCC. The highest BCUT2D eigenvalue weighted by Gasteiger charge is 2.24. The topological polar surface area (TPSA) is 17.8 Å². The minimum absolute atomic E-state index is 0.742. The first-order chi connectivity index (χ1) is 18.0. The fourth-order valence-electron chi connectivity index (χ4n) is 5.74. The van der Waals surface area contributed by atoms with Gasteiger partial charge in [0, 0.05) is 23.4 Å². The van der Waals surface area contributed by atoms with Crippen molar-refractivity contribution in [2.24, 2.45) is 11.8 Å². The van der Waals surface area contributed by atoms with E-state index in [9.17, 15) is 0 Å². The van der Waals surface area contributed by atoms with E-state index in [1.807, 2.05) is 12.2 Å². The molecule has 1 aliphatic rings. The van der Waals surface area contributed by atoms with Gasteiger partial charge in [0.25, 0.3) is 0 Å². The highest BCUT2D eigenvalue weighted by Crippen LogP contribution is 2.35. The molecule has 1 saturated carbocycles. The summed E-state index contributed by atoms with van der Waals surface area (Å²) in [4.78, 5) is 0. The van der Waals surface area contributed by atoms with Crippen LogP contribution in [0.2, 0.25) is 0 Å². The van der Waals surface area contributed by atoms with E-state index in [-0.39, 0.29) is 0 Å². The maximum Gasteiger partial charge on any atom is 0.0961 e. The van der Waals surface area contributed by atoms with Crippen LogP contribution in [0.5, 0.6) is 0 Å².